The van der Waals surface area contributed by atoms with Crippen molar-refractivity contribution < 1.29 is 19.2 Å². The van der Waals surface area contributed by atoms with E-state index in [-0.39, 0.29) is 16.0 Å². The number of halogens is 2. The predicted molar refractivity (Wildman–Crippen MR) is 75.2 cm³/mol. The largest absolute Gasteiger partial charge is 0.494 e. The van der Waals surface area contributed by atoms with Crippen LogP contribution in [0.25, 0.3) is 0 Å². The molecule has 0 aliphatic rings. The fourth-order valence-corrected chi connectivity index (χ4v) is 1.57. The maximum absolute atomic E-state index is 13.9. The first-order chi connectivity index (χ1) is 8.99. The number of hydrogen-bond donors (Lipinski definition) is 2. The summed E-state index contributed by atoms with van der Waals surface area (Å²) < 4.78 is 19.2. The van der Waals surface area contributed by atoms with E-state index < -0.39 is 24.1 Å². The van der Waals surface area contributed by atoms with Gasteiger partial charge in [-0.3, -0.25) is 0 Å². The Hall–Kier alpha value is -1.13. The van der Waals surface area contributed by atoms with E-state index in [1.165, 1.54) is 13.8 Å². The van der Waals surface area contributed by atoms with Crippen molar-refractivity contribution in [3.8, 4) is 6.07 Å². The van der Waals surface area contributed by atoms with E-state index in [0.717, 1.165) is 12.1 Å². The molecule has 0 aromatic heterocycles. The minimum Gasteiger partial charge on any atom is -0.423 e. The first-order valence-corrected chi connectivity index (χ1v) is 6.34. The average molecular weight is 300 g/mol. The van der Waals surface area contributed by atoms with Crippen LogP contribution in [-0.4, -0.2) is 28.5 Å². The Labute approximate surface area is 122 Å². The van der Waals surface area contributed by atoms with Crippen LogP contribution in [0.5, 0.6) is 0 Å². The molecule has 0 aliphatic heterocycles. The van der Waals surface area contributed by atoms with Gasteiger partial charge in [-0.15, -0.1) is 0 Å². The molecule has 0 atom stereocenters. The highest BCUT2D eigenvalue weighted by Gasteiger charge is 2.40. The first-order valence-electron chi connectivity index (χ1n) is 5.97. The molecule has 0 radical (unpaired) electrons. The summed E-state index contributed by atoms with van der Waals surface area (Å²) in [6, 6.07) is 4.14. The van der Waals surface area contributed by atoms with E-state index in [9.17, 15) is 14.5 Å². The van der Waals surface area contributed by atoms with Gasteiger partial charge in [0.1, 0.15) is 5.82 Å². The SMILES string of the molecule is CC(C)(O)C(C)(C)OB(O)c1cc(C#N)cc(Cl)c1F. The van der Waals surface area contributed by atoms with E-state index in [1.807, 2.05) is 6.07 Å². The molecule has 0 saturated carbocycles. The fraction of sp³-hybridized carbons (Fsp3) is 0.462. The maximum atomic E-state index is 13.9. The molecule has 0 spiro atoms. The number of nitrogens with zero attached hydrogens (tertiary/aromatic N) is 1. The van der Waals surface area contributed by atoms with Gasteiger partial charge < -0.3 is 14.8 Å². The lowest BCUT2D eigenvalue weighted by atomic mass is 9.75. The van der Waals surface area contributed by atoms with Gasteiger partial charge in [0.15, 0.2) is 0 Å². The number of aliphatic hydroxyl groups is 1. The standard InChI is InChI=1S/C13H16BClFNO3/c1-12(2,18)13(3,4)20-14(19)9-5-8(7-17)6-10(15)11(9)16/h5-6,18-19H,1-4H3. The molecule has 0 saturated heterocycles. The first kappa shape index (κ1) is 16.9. The van der Waals surface area contributed by atoms with Crippen molar-refractivity contribution in [3.63, 3.8) is 0 Å². The van der Waals surface area contributed by atoms with E-state index in [1.54, 1.807) is 13.8 Å². The third-order valence-corrected chi connectivity index (χ3v) is 3.61. The topological polar surface area (TPSA) is 73.5 Å². The lowest BCUT2D eigenvalue weighted by Gasteiger charge is -2.38. The zero-order chi connectivity index (χ0) is 15.7. The molecule has 0 unspecified atom stereocenters. The van der Waals surface area contributed by atoms with Gasteiger partial charge in [0.25, 0.3) is 0 Å². The van der Waals surface area contributed by atoms with Gasteiger partial charge >= 0.3 is 7.12 Å². The Morgan fingerprint density at radius 1 is 1.35 bits per heavy atom. The molecule has 0 heterocycles. The Balaban J connectivity index is 3.14. The molecule has 4 nitrogen and oxygen atoms in total. The molecule has 0 bridgehead atoms. The van der Waals surface area contributed by atoms with Crippen molar-refractivity contribution in [3.05, 3.63) is 28.5 Å². The molecular formula is C13H16BClFNO3. The van der Waals surface area contributed by atoms with E-state index in [4.69, 9.17) is 21.5 Å². The molecule has 2 N–H and O–H groups in total. The Morgan fingerprint density at radius 2 is 1.90 bits per heavy atom. The van der Waals surface area contributed by atoms with E-state index in [2.05, 4.69) is 0 Å². The maximum Gasteiger partial charge on any atom is 0.494 e. The van der Waals surface area contributed by atoms with Crippen LogP contribution in [0, 0.1) is 17.1 Å². The van der Waals surface area contributed by atoms with Crippen LogP contribution in [0.2, 0.25) is 5.02 Å². The van der Waals surface area contributed by atoms with Crippen molar-refractivity contribution in [2.75, 3.05) is 0 Å². The van der Waals surface area contributed by atoms with E-state index >= 15 is 0 Å². The molecule has 0 aliphatic carbocycles. The fourth-order valence-electron chi connectivity index (χ4n) is 1.34. The molecule has 1 aromatic carbocycles. The lowest BCUT2D eigenvalue weighted by Crippen LogP contribution is -2.53. The summed E-state index contributed by atoms with van der Waals surface area (Å²) in [7, 11) is -1.65. The molecule has 1 aromatic rings. The second kappa shape index (κ2) is 5.70. The van der Waals surface area contributed by atoms with Crippen molar-refractivity contribution in [1.29, 1.82) is 5.26 Å². The molecule has 7 heteroatoms. The molecule has 0 fully saturated rings. The van der Waals surface area contributed by atoms with Crippen LogP contribution in [0.1, 0.15) is 33.3 Å². The summed E-state index contributed by atoms with van der Waals surface area (Å²) in [5.74, 6) is -0.857. The second-order valence-corrected chi connectivity index (χ2v) is 5.92. The zero-order valence-electron chi connectivity index (χ0n) is 11.7. The average Bonchev–Trinajstić information content (AvgIpc) is 2.30. The van der Waals surface area contributed by atoms with Gasteiger partial charge in [0, 0.05) is 5.46 Å². The van der Waals surface area contributed by atoms with Crippen LogP contribution in [0.15, 0.2) is 12.1 Å². The number of hydrogen-bond acceptors (Lipinski definition) is 4. The highest BCUT2D eigenvalue weighted by molar-refractivity contribution is 6.60. The van der Waals surface area contributed by atoms with Gasteiger partial charge in [-0.2, -0.15) is 5.26 Å². The van der Waals surface area contributed by atoms with Crippen LogP contribution in [-0.2, 0) is 4.65 Å². The summed E-state index contributed by atoms with van der Waals surface area (Å²) in [6.07, 6.45) is 0. The minimum absolute atomic E-state index is 0.107. The third kappa shape index (κ3) is 3.50. The Morgan fingerprint density at radius 3 is 2.35 bits per heavy atom. The van der Waals surface area contributed by atoms with Crippen molar-refractivity contribution in [2.45, 2.75) is 38.9 Å². The Kier molecular flexibility index (Phi) is 4.83. The molecular weight excluding hydrogens is 283 g/mol. The monoisotopic (exact) mass is 299 g/mol. The number of nitriles is 1. The van der Waals surface area contributed by atoms with Crippen LogP contribution >= 0.6 is 11.6 Å². The van der Waals surface area contributed by atoms with Crippen LogP contribution in [0.3, 0.4) is 0 Å². The molecule has 1 rings (SSSR count). The Bertz CT molecular complexity index is 552. The quantitative estimate of drug-likeness (QED) is 0.828. The second-order valence-electron chi connectivity index (χ2n) is 5.51. The number of rotatable bonds is 4. The highest BCUT2D eigenvalue weighted by Crippen LogP contribution is 2.26. The highest BCUT2D eigenvalue weighted by atomic mass is 35.5. The normalized spacial score (nSPS) is 12.2. The van der Waals surface area contributed by atoms with Crippen molar-refractivity contribution in [2.24, 2.45) is 0 Å². The summed E-state index contributed by atoms with van der Waals surface area (Å²) in [6.45, 7) is 6.14. The van der Waals surface area contributed by atoms with Crippen molar-refractivity contribution in [1.82, 2.24) is 0 Å². The molecule has 108 valence electrons. The number of benzene rings is 1. The zero-order valence-corrected chi connectivity index (χ0v) is 12.5. The van der Waals surface area contributed by atoms with Crippen molar-refractivity contribution >= 4 is 24.2 Å². The smallest absolute Gasteiger partial charge is 0.423 e. The summed E-state index contributed by atoms with van der Waals surface area (Å²) >= 11 is 5.66. The molecule has 20 heavy (non-hydrogen) atoms. The van der Waals surface area contributed by atoms with Gasteiger partial charge in [-0.05, 0) is 39.8 Å². The van der Waals surface area contributed by atoms with Gasteiger partial charge in [0.05, 0.1) is 27.9 Å². The summed E-state index contributed by atoms with van der Waals surface area (Å²) in [5, 5.41) is 28.5. The summed E-state index contributed by atoms with van der Waals surface area (Å²) in [4.78, 5) is 0. The van der Waals surface area contributed by atoms with Crippen LogP contribution in [0.4, 0.5) is 4.39 Å². The van der Waals surface area contributed by atoms with Gasteiger partial charge in [-0.25, -0.2) is 4.39 Å². The molecule has 0 amide bonds. The van der Waals surface area contributed by atoms with Gasteiger partial charge in [0.2, 0.25) is 0 Å². The van der Waals surface area contributed by atoms with E-state index in [0.29, 0.717) is 0 Å². The van der Waals surface area contributed by atoms with Crippen LogP contribution < -0.4 is 5.46 Å². The lowest BCUT2D eigenvalue weighted by molar-refractivity contribution is -0.0983. The predicted octanol–water partition coefficient (Wildman–Crippen LogP) is 1.60. The third-order valence-electron chi connectivity index (χ3n) is 3.33. The van der Waals surface area contributed by atoms with Gasteiger partial charge in [-0.1, -0.05) is 11.6 Å². The minimum atomic E-state index is -1.65. The summed E-state index contributed by atoms with van der Waals surface area (Å²) in [5.41, 5.74) is -2.55.